The van der Waals surface area contributed by atoms with E-state index in [1.165, 1.54) is 199 Å². The van der Waals surface area contributed by atoms with Gasteiger partial charge in [-0.05, 0) is 25.7 Å². The maximum atomic E-state index is 13.0. The molecular weight excluding hydrogens is 1170 g/mol. The highest BCUT2D eigenvalue weighted by molar-refractivity contribution is 7.47. The number of hydrogen-bond acceptors (Lipinski definition) is 15. The molecule has 5 atom stereocenters. The fourth-order valence-corrected chi connectivity index (χ4v) is 12.3. The first kappa shape index (κ1) is 87.1. The summed E-state index contributed by atoms with van der Waals surface area (Å²) in [6.07, 6.45) is 52.7. The Balaban J connectivity index is 5.20. The second-order valence-corrected chi connectivity index (χ2v) is 28.2. The molecule has 0 fully saturated rings. The minimum atomic E-state index is -4.95. The van der Waals surface area contributed by atoms with Crippen molar-refractivity contribution in [3.8, 4) is 0 Å². The highest BCUT2D eigenvalue weighted by Gasteiger charge is 2.30. The highest BCUT2D eigenvalue weighted by atomic mass is 31.2. The van der Waals surface area contributed by atoms with Gasteiger partial charge >= 0.3 is 39.5 Å². The predicted molar refractivity (Wildman–Crippen MR) is 359 cm³/mol. The molecule has 0 amide bonds. The van der Waals surface area contributed by atoms with E-state index in [-0.39, 0.29) is 25.7 Å². The number of unbranched alkanes of at least 4 members (excludes halogenated alkanes) is 45. The molecular formula is C70H136O17P2. The average Bonchev–Trinajstić information content (AvgIpc) is 3.62. The number of phosphoric acid groups is 2. The summed E-state index contributed by atoms with van der Waals surface area (Å²) in [6, 6.07) is 0. The van der Waals surface area contributed by atoms with E-state index in [9.17, 15) is 43.2 Å². The summed E-state index contributed by atoms with van der Waals surface area (Å²) in [5.41, 5.74) is 0. The molecule has 2 unspecified atom stereocenters. The van der Waals surface area contributed by atoms with E-state index < -0.39 is 97.5 Å². The topological polar surface area (TPSA) is 237 Å². The fraction of sp³-hybridized carbons (Fsp3) is 0.943. The minimum Gasteiger partial charge on any atom is -0.462 e. The van der Waals surface area contributed by atoms with Crippen LogP contribution < -0.4 is 0 Å². The molecule has 0 saturated heterocycles. The van der Waals surface area contributed by atoms with Crippen LogP contribution in [0, 0.1) is 0 Å². The first-order valence-electron chi connectivity index (χ1n) is 36.8. The number of esters is 4. The molecule has 0 aliphatic heterocycles. The lowest BCUT2D eigenvalue weighted by Gasteiger charge is -2.21. The Morgan fingerprint density at radius 3 is 0.663 bits per heavy atom. The molecule has 19 heteroatoms. The van der Waals surface area contributed by atoms with Crippen molar-refractivity contribution in [2.75, 3.05) is 39.6 Å². The van der Waals surface area contributed by atoms with Gasteiger partial charge in [-0.25, -0.2) is 9.13 Å². The molecule has 0 saturated carbocycles. The van der Waals surface area contributed by atoms with E-state index in [4.69, 9.17) is 37.0 Å². The summed E-state index contributed by atoms with van der Waals surface area (Å²) in [5, 5.41) is 10.6. The monoisotopic (exact) mass is 1310 g/mol. The zero-order chi connectivity index (χ0) is 65.4. The summed E-state index contributed by atoms with van der Waals surface area (Å²) >= 11 is 0. The predicted octanol–water partition coefficient (Wildman–Crippen LogP) is 20.3. The number of aliphatic hydroxyl groups is 1. The molecule has 0 bridgehead atoms. The molecule has 0 aromatic carbocycles. The van der Waals surface area contributed by atoms with Crippen LogP contribution in [0.4, 0.5) is 0 Å². The Bertz CT molecular complexity index is 1710. The molecule has 0 aromatic heterocycles. The number of rotatable bonds is 71. The van der Waals surface area contributed by atoms with Crippen LogP contribution in [0.2, 0.25) is 0 Å². The molecule has 528 valence electrons. The van der Waals surface area contributed by atoms with Crippen LogP contribution in [-0.2, 0) is 65.4 Å². The quantitative estimate of drug-likeness (QED) is 0.0222. The van der Waals surface area contributed by atoms with Crippen LogP contribution in [0.25, 0.3) is 0 Å². The van der Waals surface area contributed by atoms with E-state index in [0.29, 0.717) is 25.7 Å². The van der Waals surface area contributed by atoms with Crippen molar-refractivity contribution in [3.05, 3.63) is 0 Å². The third kappa shape index (κ3) is 64.6. The zero-order valence-corrected chi connectivity index (χ0v) is 59.2. The van der Waals surface area contributed by atoms with Gasteiger partial charge in [-0.1, -0.05) is 317 Å². The molecule has 0 radical (unpaired) electrons. The molecule has 0 spiro atoms. The van der Waals surface area contributed by atoms with Crippen molar-refractivity contribution in [1.29, 1.82) is 0 Å². The molecule has 0 rings (SSSR count). The normalized spacial score (nSPS) is 14.0. The molecule has 17 nitrogen and oxygen atoms in total. The van der Waals surface area contributed by atoms with Gasteiger partial charge < -0.3 is 33.8 Å². The van der Waals surface area contributed by atoms with Crippen molar-refractivity contribution in [2.45, 2.75) is 386 Å². The second-order valence-electron chi connectivity index (χ2n) is 25.3. The number of carbonyl (C=O) groups excluding carboxylic acids is 4. The van der Waals surface area contributed by atoms with E-state index >= 15 is 0 Å². The summed E-state index contributed by atoms with van der Waals surface area (Å²) in [5.74, 6) is -2.12. The number of hydrogen-bond donors (Lipinski definition) is 3. The summed E-state index contributed by atoms with van der Waals surface area (Å²) in [7, 11) is -9.89. The van der Waals surface area contributed by atoms with E-state index in [2.05, 4.69) is 27.7 Å². The molecule has 0 aromatic rings. The van der Waals surface area contributed by atoms with Crippen molar-refractivity contribution in [2.24, 2.45) is 0 Å². The minimum absolute atomic E-state index is 0.107. The maximum absolute atomic E-state index is 13.0. The SMILES string of the molecule is CCCCCCCCCCCCCCCCCCCCC(=O)O[C@H](COC(=O)CCCCCCCCCCCCCC)COP(=O)(O)OC[C@@H](O)COP(=O)(O)OC[C@@H](COC(=O)CCCCCCCCCCC)OC(=O)CCCCCCCCCCCC. The summed E-state index contributed by atoms with van der Waals surface area (Å²) < 4.78 is 68.2. The van der Waals surface area contributed by atoms with Crippen LogP contribution in [0.1, 0.15) is 368 Å². The number of phosphoric ester groups is 2. The Kier molecular flexibility index (Phi) is 63.3. The van der Waals surface area contributed by atoms with Gasteiger partial charge in [-0.3, -0.25) is 37.3 Å². The lowest BCUT2D eigenvalue weighted by molar-refractivity contribution is -0.161. The molecule has 3 N–H and O–H groups in total. The number of carbonyl (C=O) groups is 4. The van der Waals surface area contributed by atoms with Crippen LogP contribution >= 0.6 is 15.6 Å². The van der Waals surface area contributed by atoms with Crippen molar-refractivity contribution < 1.29 is 80.2 Å². The summed E-state index contributed by atoms with van der Waals surface area (Å²) in [6.45, 7) is 4.92. The summed E-state index contributed by atoms with van der Waals surface area (Å²) in [4.78, 5) is 72.4. The van der Waals surface area contributed by atoms with Gasteiger partial charge in [0, 0.05) is 25.7 Å². The van der Waals surface area contributed by atoms with E-state index in [0.717, 1.165) is 89.9 Å². The van der Waals surface area contributed by atoms with Crippen molar-refractivity contribution >= 4 is 39.5 Å². The van der Waals surface area contributed by atoms with Gasteiger partial charge in [-0.15, -0.1) is 0 Å². The molecule has 0 heterocycles. The molecule has 0 aliphatic rings. The lowest BCUT2D eigenvalue weighted by Crippen LogP contribution is -2.30. The smallest absolute Gasteiger partial charge is 0.462 e. The highest BCUT2D eigenvalue weighted by Crippen LogP contribution is 2.45. The first-order valence-corrected chi connectivity index (χ1v) is 39.8. The van der Waals surface area contributed by atoms with Gasteiger partial charge in [0.1, 0.15) is 19.3 Å². The Hall–Kier alpha value is -1.94. The molecule has 89 heavy (non-hydrogen) atoms. The standard InChI is InChI=1S/C70H136O17P2/c1-5-9-13-17-21-25-28-30-31-32-33-34-35-37-41-45-49-53-57-70(75)87-66(61-81-68(73)55-51-47-43-40-36-29-26-22-18-14-10-6-2)63-85-89(78,79)83-59-64(71)58-82-88(76,77)84-62-65(60-80-67(72)54-50-46-42-38-24-20-16-12-8-4)86-69(74)56-52-48-44-39-27-23-19-15-11-7-3/h64-66,71H,5-63H2,1-4H3,(H,76,77)(H,78,79)/t64-,65+,66+/m0/s1. The largest absolute Gasteiger partial charge is 0.472 e. The average molecular weight is 1310 g/mol. The van der Waals surface area contributed by atoms with Gasteiger partial charge in [0.05, 0.1) is 26.4 Å². The maximum Gasteiger partial charge on any atom is 0.472 e. The van der Waals surface area contributed by atoms with Crippen LogP contribution in [-0.4, -0.2) is 96.7 Å². The van der Waals surface area contributed by atoms with Crippen molar-refractivity contribution in [1.82, 2.24) is 0 Å². The van der Waals surface area contributed by atoms with Crippen molar-refractivity contribution in [3.63, 3.8) is 0 Å². The zero-order valence-electron chi connectivity index (χ0n) is 57.4. The Labute approximate surface area is 543 Å². The van der Waals surface area contributed by atoms with Crippen LogP contribution in [0.5, 0.6) is 0 Å². The van der Waals surface area contributed by atoms with Crippen LogP contribution in [0.3, 0.4) is 0 Å². The molecule has 0 aliphatic carbocycles. The third-order valence-corrected chi connectivity index (χ3v) is 18.3. The third-order valence-electron chi connectivity index (χ3n) is 16.4. The first-order chi connectivity index (χ1) is 43.2. The van der Waals surface area contributed by atoms with Gasteiger partial charge in [0.2, 0.25) is 0 Å². The Morgan fingerprint density at radius 2 is 0.449 bits per heavy atom. The van der Waals surface area contributed by atoms with Gasteiger partial charge in [0.15, 0.2) is 12.2 Å². The van der Waals surface area contributed by atoms with Gasteiger partial charge in [0.25, 0.3) is 0 Å². The second kappa shape index (κ2) is 64.8. The number of aliphatic hydroxyl groups excluding tert-OH is 1. The lowest BCUT2D eigenvalue weighted by atomic mass is 10.0. The van der Waals surface area contributed by atoms with E-state index in [1.54, 1.807) is 0 Å². The fourth-order valence-electron chi connectivity index (χ4n) is 10.7. The van der Waals surface area contributed by atoms with Crippen LogP contribution in [0.15, 0.2) is 0 Å². The Morgan fingerprint density at radius 1 is 0.270 bits per heavy atom. The van der Waals surface area contributed by atoms with E-state index in [1.807, 2.05) is 0 Å². The van der Waals surface area contributed by atoms with Gasteiger partial charge in [-0.2, -0.15) is 0 Å². The number of ether oxygens (including phenoxy) is 4.